The molecule has 6 nitrogen and oxygen atoms in total. The highest BCUT2D eigenvalue weighted by molar-refractivity contribution is 5.91. The van der Waals surface area contributed by atoms with Gasteiger partial charge in [-0.1, -0.05) is 11.5 Å². The number of nitrogens with one attached hydrogen (secondary N) is 1. The van der Waals surface area contributed by atoms with Crippen molar-refractivity contribution in [3.8, 4) is 11.5 Å². The number of hydrogen-bond acceptors (Lipinski definition) is 5. The van der Waals surface area contributed by atoms with Gasteiger partial charge in [0.1, 0.15) is 11.5 Å². The molecule has 2 heterocycles. The number of aromatic nitrogens is 2. The molecule has 1 aliphatic carbocycles. The Morgan fingerprint density at radius 1 is 1.32 bits per heavy atom. The molecule has 1 amide bonds. The van der Waals surface area contributed by atoms with Crippen molar-refractivity contribution >= 4 is 11.9 Å². The zero-order chi connectivity index (χ0) is 13.4. The van der Waals surface area contributed by atoms with Crippen molar-refractivity contribution in [1.29, 1.82) is 0 Å². The zero-order valence-electron chi connectivity index (χ0n) is 10.9. The zero-order valence-corrected chi connectivity index (χ0v) is 10.9. The first-order chi connectivity index (χ1) is 9.13. The number of rotatable bonds is 3. The fraction of sp³-hybridized carbons (Fsp3) is 0.462. The van der Waals surface area contributed by atoms with Crippen LogP contribution in [0.4, 0.5) is 6.01 Å². The van der Waals surface area contributed by atoms with E-state index in [0.717, 1.165) is 36.3 Å². The second-order valence-corrected chi connectivity index (χ2v) is 4.86. The lowest BCUT2D eigenvalue weighted by atomic mass is 9.85. The lowest BCUT2D eigenvalue weighted by molar-refractivity contribution is -0.122. The van der Waals surface area contributed by atoms with E-state index in [-0.39, 0.29) is 17.8 Å². The van der Waals surface area contributed by atoms with Crippen LogP contribution in [-0.2, 0) is 4.79 Å². The maximum atomic E-state index is 11.8. The van der Waals surface area contributed by atoms with Crippen molar-refractivity contribution in [3.05, 3.63) is 17.6 Å². The molecule has 0 radical (unpaired) electrons. The van der Waals surface area contributed by atoms with Gasteiger partial charge in [-0.05, 0) is 32.8 Å². The summed E-state index contributed by atoms with van der Waals surface area (Å²) in [4.78, 5) is 11.8. The molecule has 1 fully saturated rings. The fourth-order valence-electron chi connectivity index (χ4n) is 2.10. The summed E-state index contributed by atoms with van der Waals surface area (Å²) in [5.74, 6) is 1.91. The predicted molar refractivity (Wildman–Crippen MR) is 67.4 cm³/mol. The molecule has 0 saturated heterocycles. The van der Waals surface area contributed by atoms with Gasteiger partial charge >= 0.3 is 6.01 Å². The lowest BCUT2D eigenvalue weighted by Crippen LogP contribution is -2.28. The molecule has 0 aromatic carbocycles. The van der Waals surface area contributed by atoms with E-state index in [9.17, 15) is 4.79 Å². The SMILES string of the molecule is Cc1cc(-c2nnc(NC(=O)C3CCC3)o2)c(C)o1. The third kappa shape index (κ3) is 2.25. The number of furan rings is 1. The summed E-state index contributed by atoms with van der Waals surface area (Å²) < 4.78 is 10.8. The summed E-state index contributed by atoms with van der Waals surface area (Å²) in [6.45, 7) is 3.69. The first kappa shape index (κ1) is 12.0. The Labute approximate surface area is 110 Å². The Kier molecular flexibility index (Phi) is 2.85. The van der Waals surface area contributed by atoms with Gasteiger partial charge in [-0.15, -0.1) is 5.10 Å². The number of nitrogens with zero attached hydrogens (tertiary/aromatic N) is 2. The van der Waals surface area contributed by atoms with Crippen LogP contribution in [0.25, 0.3) is 11.5 Å². The molecule has 0 atom stereocenters. The third-order valence-electron chi connectivity index (χ3n) is 3.40. The van der Waals surface area contributed by atoms with Crippen LogP contribution in [0.15, 0.2) is 14.9 Å². The molecule has 1 saturated carbocycles. The number of carbonyl (C=O) groups excluding carboxylic acids is 1. The quantitative estimate of drug-likeness (QED) is 0.918. The second kappa shape index (κ2) is 4.53. The van der Waals surface area contributed by atoms with E-state index < -0.39 is 0 Å². The summed E-state index contributed by atoms with van der Waals surface area (Å²) in [5.41, 5.74) is 0.758. The van der Waals surface area contributed by atoms with Gasteiger partial charge in [0.2, 0.25) is 5.91 Å². The Balaban J connectivity index is 1.75. The van der Waals surface area contributed by atoms with Gasteiger partial charge < -0.3 is 8.83 Å². The van der Waals surface area contributed by atoms with E-state index in [1.54, 1.807) is 0 Å². The van der Waals surface area contributed by atoms with Crippen molar-refractivity contribution in [1.82, 2.24) is 10.2 Å². The Morgan fingerprint density at radius 3 is 2.68 bits per heavy atom. The van der Waals surface area contributed by atoms with Gasteiger partial charge in [0, 0.05) is 5.92 Å². The molecule has 6 heteroatoms. The van der Waals surface area contributed by atoms with E-state index in [1.165, 1.54) is 0 Å². The first-order valence-electron chi connectivity index (χ1n) is 6.35. The molecule has 0 spiro atoms. The third-order valence-corrected chi connectivity index (χ3v) is 3.40. The highest BCUT2D eigenvalue weighted by Crippen LogP contribution is 2.29. The smallest absolute Gasteiger partial charge is 0.322 e. The molecular formula is C13H15N3O3. The van der Waals surface area contributed by atoms with Crippen LogP contribution in [0.5, 0.6) is 0 Å². The van der Waals surface area contributed by atoms with E-state index >= 15 is 0 Å². The van der Waals surface area contributed by atoms with Crippen molar-refractivity contribution < 1.29 is 13.6 Å². The summed E-state index contributed by atoms with van der Waals surface area (Å²) >= 11 is 0. The average molecular weight is 261 g/mol. The maximum Gasteiger partial charge on any atom is 0.322 e. The van der Waals surface area contributed by atoms with Gasteiger partial charge in [0.25, 0.3) is 5.89 Å². The molecule has 2 aromatic heterocycles. The minimum absolute atomic E-state index is 0.0402. The average Bonchev–Trinajstić information content (AvgIpc) is 2.82. The van der Waals surface area contributed by atoms with Crippen LogP contribution < -0.4 is 5.32 Å². The summed E-state index contributed by atoms with van der Waals surface area (Å²) in [6.07, 6.45) is 2.99. The van der Waals surface area contributed by atoms with Crippen LogP contribution >= 0.6 is 0 Å². The number of carbonyl (C=O) groups is 1. The van der Waals surface area contributed by atoms with Crippen molar-refractivity contribution in [2.75, 3.05) is 5.32 Å². The summed E-state index contributed by atoms with van der Waals surface area (Å²) in [6, 6.07) is 1.98. The number of anilines is 1. The van der Waals surface area contributed by atoms with Crippen LogP contribution in [0.1, 0.15) is 30.8 Å². The summed E-state index contributed by atoms with van der Waals surface area (Å²) in [7, 11) is 0. The molecule has 0 bridgehead atoms. The van der Waals surface area contributed by atoms with Crippen molar-refractivity contribution in [3.63, 3.8) is 0 Å². The van der Waals surface area contributed by atoms with E-state index in [0.29, 0.717) is 5.89 Å². The molecule has 0 unspecified atom stereocenters. The highest BCUT2D eigenvalue weighted by Gasteiger charge is 2.26. The van der Waals surface area contributed by atoms with Gasteiger partial charge in [0.15, 0.2) is 0 Å². The largest absolute Gasteiger partial charge is 0.466 e. The normalized spacial score (nSPS) is 15.3. The van der Waals surface area contributed by atoms with E-state index in [2.05, 4.69) is 15.5 Å². The maximum absolute atomic E-state index is 11.8. The van der Waals surface area contributed by atoms with Crippen LogP contribution in [0, 0.1) is 19.8 Å². The Hall–Kier alpha value is -2.11. The van der Waals surface area contributed by atoms with Gasteiger partial charge in [-0.25, -0.2) is 0 Å². The van der Waals surface area contributed by atoms with Crippen LogP contribution in [0.3, 0.4) is 0 Å². The predicted octanol–water partition coefficient (Wildman–Crippen LogP) is 2.69. The van der Waals surface area contributed by atoms with Crippen LogP contribution in [0.2, 0.25) is 0 Å². The molecule has 0 aliphatic heterocycles. The fourth-order valence-corrected chi connectivity index (χ4v) is 2.10. The van der Waals surface area contributed by atoms with Crippen molar-refractivity contribution in [2.45, 2.75) is 33.1 Å². The van der Waals surface area contributed by atoms with Gasteiger partial charge in [-0.2, -0.15) is 0 Å². The minimum atomic E-state index is -0.0402. The van der Waals surface area contributed by atoms with Gasteiger partial charge in [-0.3, -0.25) is 10.1 Å². The van der Waals surface area contributed by atoms with E-state index in [4.69, 9.17) is 8.83 Å². The minimum Gasteiger partial charge on any atom is -0.466 e. The molecule has 1 N–H and O–H groups in total. The molecular weight excluding hydrogens is 246 g/mol. The van der Waals surface area contributed by atoms with Crippen molar-refractivity contribution in [2.24, 2.45) is 5.92 Å². The molecule has 3 rings (SSSR count). The summed E-state index contributed by atoms with van der Waals surface area (Å²) in [5, 5.41) is 10.4. The standard InChI is InChI=1S/C13H15N3O3/c1-7-6-10(8(2)18-7)12-15-16-13(19-12)14-11(17)9-4-3-5-9/h6,9H,3-5H2,1-2H3,(H,14,16,17). The molecule has 100 valence electrons. The van der Waals surface area contributed by atoms with Crippen LogP contribution in [-0.4, -0.2) is 16.1 Å². The lowest BCUT2D eigenvalue weighted by Gasteiger charge is -2.22. The Bertz CT molecular complexity index is 610. The number of aryl methyl sites for hydroxylation is 2. The van der Waals surface area contributed by atoms with Gasteiger partial charge in [0.05, 0.1) is 5.56 Å². The molecule has 2 aromatic rings. The second-order valence-electron chi connectivity index (χ2n) is 4.86. The molecule has 19 heavy (non-hydrogen) atoms. The molecule has 1 aliphatic rings. The number of hydrogen-bond donors (Lipinski definition) is 1. The Morgan fingerprint density at radius 2 is 2.11 bits per heavy atom. The highest BCUT2D eigenvalue weighted by atomic mass is 16.4. The topological polar surface area (TPSA) is 81.2 Å². The first-order valence-corrected chi connectivity index (χ1v) is 6.35. The van der Waals surface area contributed by atoms with E-state index in [1.807, 2.05) is 19.9 Å². The number of amides is 1. The monoisotopic (exact) mass is 261 g/mol.